The lowest BCUT2D eigenvalue weighted by Crippen LogP contribution is -2.28. The molecule has 0 radical (unpaired) electrons. The van der Waals surface area contributed by atoms with Crippen molar-refractivity contribution in [3.05, 3.63) is 82.1 Å². The van der Waals surface area contributed by atoms with Crippen LogP contribution < -0.4 is 10.1 Å². The molecule has 1 N–H and O–H groups in total. The number of nitrogens with one attached hydrogen (secondary N) is 1. The minimum absolute atomic E-state index is 0.0550. The molecule has 0 aliphatic rings. The highest BCUT2D eigenvalue weighted by molar-refractivity contribution is 6.32. The maximum Gasteiger partial charge on any atom is 0.272 e. The third kappa shape index (κ3) is 4.93. The van der Waals surface area contributed by atoms with E-state index in [9.17, 15) is 4.79 Å². The summed E-state index contributed by atoms with van der Waals surface area (Å²) in [6.45, 7) is 6.23. The number of rotatable bonds is 7. The standard InChI is InChI=1S/C22H24ClN3O2/c1-4-19(17-8-5-15(2)6-9-17)24-22(27)20-11-12-26(25-20)14-28-21-13-16(3)7-10-18(21)23/h5-13,19H,4,14H2,1-3H3,(H,24,27). The summed E-state index contributed by atoms with van der Waals surface area (Å²) >= 11 is 6.14. The molecule has 1 atom stereocenters. The zero-order chi connectivity index (χ0) is 20.1. The second kappa shape index (κ2) is 8.93. The van der Waals surface area contributed by atoms with Gasteiger partial charge in [-0.3, -0.25) is 4.79 Å². The number of carbonyl (C=O) groups is 1. The van der Waals surface area contributed by atoms with Crippen LogP contribution in [0.1, 0.15) is 46.6 Å². The summed E-state index contributed by atoms with van der Waals surface area (Å²) in [5.41, 5.74) is 3.68. The van der Waals surface area contributed by atoms with Crippen molar-refractivity contribution in [3.63, 3.8) is 0 Å². The first-order chi connectivity index (χ1) is 13.5. The summed E-state index contributed by atoms with van der Waals surface area (Å²) in [6.07, 6.45) is 2.51. The predicted octanol–water partition coefficient (Wildman–Crippen LogP) is 5.07. The molecule has 0 saturated carbocycles. The van der Waals surface area contributed by atoms with E-state index in [4.69, 9.17) is 16.3 Å². The van der Waals surface area contributed by atoms with Crippen molar-refractivity contribution in [2.75, 3.05) is 0 Å². The first-order valence-corrected chi connectivity index (χ1v) is 9.64. The minimum Gasteiger partial charge on any atom is -0.470 e. The Labute approximate surface area is 170 Å². The summed E-state index contributed by atoms with van der Waals surface area (Å²) in [7, 11) is 0. The molecule has 0 fully saturated rings. The van der Waals surface area contributed by atoms with Gasteiger partial charge in [-0.1, -0.05) is 54.4 Å². The third-order valence-corrected chi connectivity index (χ3v) is 4.82. The third-order valence-electron chi connectivity index (χ3n) is 4.51. The predicted molar refractivity (Wildman–Crippen MR) is 111 cm³/mol. The van der Waals surface area contributed by atoms with E-state index in [1.54, 1.807) is 23.0 Å². The summed E-state index contributed by atoms with van der Waals surface area (Å²) in [6, 6.07) is 15.4. The molecule has 1 heterocycles. The number of aryl methyl sites for hydroxylation is 2. The van der Waals surface area contributed by atoms with Gasteiger partial charge < -0.3 is 10.1 Å². The second-order valence-electron chi connectivity index (χ2n) is 6.79. The molecular formula is C22H24ClN3O2. The normalized spacial score (nSPS) is 11.9. The molecule has 1 aromatic heterocycles. The molecule has 5 nitrogen and oxygen atoms in total. The van der Waals surface area contributed by atoms with Crippen LogP contribution in [0.15, 0.2) is 54.7 Å². The van der Waals surface area contributed by atoms with Gasteiger partial charge in [-0.15, -0.1) is 0 Å². The van der Waals surface area contributed by atoms with Gasteiger partial charge in [-0.05, 0) is 49.6 Å². The number of aromatic nitrogens is 2. The summed E-state index contributed by atoms with van der Waals surface area (Å²) in [5.74, 6) is 0.383. The molecule has 28 heavy (non-hydrogen) atoms. The Bertz CT molecular complexity index is 951. The van der Waals surface area contributed by atoms with Crippen molar-refractivity contribution >= 4 is 17.5 Å². The quantitative estimate of drug-likeness (QED) is 0.605. The molecule has 0 aliphatic carbocycles. The highest BCUT2D eigenvalue weighted by atomic mass is 35.5. The lowest BCUT2D eigenvalue weighted by atomic mass is 10.0. The van der Waals surface area contributed by atoms with Crippen molar-refractivity contribution < 1.29 is 9.53 Å². The van der Waals surface area contributed by atoms with Crippen LogP contribution in [0.2, 0.25) is 5.02 Å². The minimum atomic E-state index is -0.209. The van der Waals surface area contributed by atoms with Crippen LogP contribution in [0.25, 0.3) is 0 Å². The zero-order valence-corrected chi connectivity index (χ0v) is 17.0. The van der Waals surface area contributed by atoms with Gasteiger partial charge >= 0.3 is 0 Å². The highest BCUT2D eigenvalue weighted by Crippen LogP contribution is 2.25. The fourth-order valence-electron chi connectivity index (χ4n) is 2.86. The highest BCUT2D eigenvalue weighted by Gasteiger charge is 2.16. The average molecular weight is 398 g/mol. The molecule has 0 bridgehead atoms. The first-order valence-electron chi connectivity index (χ1n) is 9.26. The Morgan fingerprint density at radius 1 is 1.14 bits per heavy atom. The molecule has 0 saturated heterocycles. The number of benzene rings is 2. The smallest absolute Gasteiger partial charge is 0.272 e. The van der Waals surface area contributed by atoms with Crippen LogP contribution in [-0.4, -0.2) is 15.7 Å². The number of amides is 1. The Balaban J connectivity index is 1.63. The van der Waals surface area contributed by atoms with Gasteiger partial charge in [0.25, 0.3) is 5.91 Å². The SMILES string of the molecule is CCC(NC(=O)c1ccn(COc2cc(C)ccc2Cl)n1)c1ccc(C)cc1. The fourth-order valence-corrected chi connectivity index (χ4v) is 3.04. The van der Waals surface area contributed by atoms with Gasteiger partial charge in [0, 0.05) is 6.20 Å². The van der Waals surface area contributed by atoms with E-state index in [0.717, 1.165) is 17.5 Å². The van der Waals surface area contributed by atoms with E-state index in [1.807, 2.05) is 57.2 Å². The maximum atomic E-state index is 12.6. The van der Waals surface area contributed by atoms with E-state index in [0.29, 0.717) is 16.5 Å². The molecule has 2 aromatic carbocycles. The molecule has 3 rings (SSSR count). The van der Waals surface area contributed by atoms with Gasteiger partial charge in [-0.2, -0.15) is 5.10 Å². The number of carbonyl (C=O) groups excluding carboxylic acids is 1. The number of halogens is 1. The van der Waals surface area contributed by atoms with Crippen LogP contribution in [0.3, 0.4) is 0 Å². The number of nitrogens with zero attached hydrogens (tertiary/aromatic N) is 2. The van der Waals surface area contributed by atoms with Crippen LogP contribution in [0.4, 0.5) is 0 Å². The van der Waals surface area contributed by atoms with E-state index < -0.39 is 0 Å². The van der Waals surface area contributed by atoms with Crippen molar-refractivity contribution in [2.24, 2.45) is 0 Å². The fraction of sp³-hybridized carbons (Fsp3) is 0.273. The van der Waals surface area contributed by atoms with Gasteiger partial charge in [-0.25, -0.2) is 4.68 Å². The van der Waals surface area contributed by atoms with E-state index >= 15 is 0 Å². The Morgan fingerprint density at radius 3 is 2.57 bits per heavy atom. The maximum absolute atomic E-state index is 12.6. The van der Waals surface area contributed by atoms with Crippen molar-refractivity contribution in [2.45, 2.75) is 40.0 Å². The van der Waals surface area contributed by atoms with Crippen LogP contribution >= 0.6 is 11.6 Å². The van der Waals surface area contributed by atoms with Gasteiger partial charge in [0.15, 0.2) is 6.73 Å². The lowest BCUT2D eigenvalue weighted by Gasteiger charge is -2.17. The first kappa shape index (κ1) is 20.0. The number of hydrogen-bond acceptors (Lipinski definition) is 3. The summed E-state index contributed by atoms with van der Waals surface area (Å²) < 4.78 is 7.29. The zero-order valence-electron chi connectivity index (χ0n) is 16.3. The monoisotopic (exact) mass is 397 g/mol. The van der Waals surface area contributed by atoms with Crippen LogP contribution in [-0.2, 0) is 6.73 Å². The van der Waals surface area contributed by atoms with E-state index in [2.05, 4.69) is 10.4 Å². The molecular weight excluding hydrogens is 374 g/mol. The molecule has 3 aromatic rings. The van der Waals surface area contributed by atoms with Gasteiger partial charge in [0.05, 0.1) is 11.1 Å². The Morgan fingerprint density at radius 2 is 1.86 bits per heavy atom. The van der Waals surface area contributed by atoms with Crippen molar-refractivity contribution in [1.29, 1.82) is 0 Å². The number of ether oxygens (including phenoxy) is 1. The lowest BCUT2D eigenvalue weighted by molar-refractivity contribution is 0.0928. The van der Waals surface area contributed by atoms with Crippen LogP contribution in [0.5, 0.6) is 5.75 Å². The van der Waals surface area contributed by atoms with Gasteiger partial charge in [0.2, 0.25) is 0 Å². The summed E-state index contributed by atoms with van der Waals surface area (Å²) in [5, 5.41) is 7.90. The van der Waals surface area contributed by atoms with Crippen LogP contribution in [0, 0.1) is 13.8 Å². The molecule has 0 spiro atoms. The molecule has 146 valence electrons. The molecule has 1 unspecified atom stereocenters. The second-order valence-corrected chi connectivity index (χ2v) is 7.20. The van der Waals surface area contributed by atoms with Crippen molar-refractivity contribution in [1.82, 2.24) is 15.1 Å². The molecule has 1 amide bonds. The Hall–Kier alpha value is -2.79. The van der Waals surface area contributed by atoms with Gasteiger partial charge in [0.1, 0.15) is 11.4 Å². The van der Waals surface area contributed by atoms with E-state index in [1.165, 1.54) is 5.56 Å². The topological polar surface area (TPSA) is 56.2 Å². The average Bonchev–Trinajstić information content (AvgIpc) is 3.16. The van der Waals surface area contributed by atoms with E-state index in [-0.39, 0.29) is 18.7 Å². The largest absolute Gasteiger partial charge is 0.470 e. The molecule has 0 aliphatic heterocycles. The number of hydrogen-bond donors (Lipinski definition) is 1. The molecule has 6 heteroatoms. The Kier molecular flexibility index (Phi) is 6.37. The van der Waals surface area contributed by atoms with Crippen molar-refractivity contribution in [3.8, 4) is 5.75 Å². The summed E-state index contributed by atoms with van der Waals surface area (Å²) in [4.78, 5) is 12.6.